The lowest BCUT2D eigenvalue weighted by Gasteiger charge is -1.99. The van der Waals surface area contributed by atoms with Gasteiger partial charge in [0.15, 0.2) is 0 Å². The first kappa shape index (κ1) is 11.6. The Balaban J connectivity index is 2.00. The fraction of sp³-hybridized carbons (Fsp3) is 0.200. The third kappa shape index (κ3) is 2.82. The smallest absolute Gasteiger partial charge is 0.337 e. The van der Waals surface area contributed by atoms with Crippen LogP contribution in [0.5, 0.6) is 0 Å². The van der Waals surface area contributed by atoms with Crippen LogP contribution in [0.25, 0.3) is 0 Å². The van der Waals surface area contributed by atoms with Gasteiger partial charge in [-0.05, 0) is 19.1 Å². The number of carboxylic acid groups (broad SMARTS) is 1. The molecule has 2 rings (SSSR count). The zero-order valence-electron chi connectivity index (χ0n) is 8.95. The van der Waals surface area contributed by atoms with Crippen molar-refractivity contribution in [3.05, 3.63) is 35.3 Å². The number of aromatic carboxylic acids is 1. The molecule has 2 aromatic heterocycles. The summed E-state index contributed by atoms with van der Waals surface area (Å²) in [5, 5.41) is 16.9. The maximum atomic E-state index is 10.6. The first-order valence-electron chi connectivity index (χ1n) is 4.77. The quantitative estimate of drug-likeness (QED) is 0.828. The number of thioether (sulfide) groups is 1. The predicted molar refractivity (Wildman–Crippen MR) is 59.8 cm³/mol. The van der Waals surface area contributed by atoms with Crippen molar-refractivity contribution in [3.8, 4) is 0 Å². The van der Waals surface area contributed by atoms with Gasteiger partial charge in [0, 0.05) is 11.9 Å². The van der Waals surface area contributed by atoms with Crippen LogP contribution < -0.4 is 0 Å². The Hall–Kier alpha value is -1.89. The lowest BCUT2D eigenvalue weighted by molar-refractivity contribution is 0.0696. The molecule has 0 aliphatic heterocycles. The summed E-state index contributed by atoms with van der Waals surface area (Å²) in [5.41, 5.74) is 1.69. The van der Waals surface area contributed by atoms with Crippen molar-refractivity contribution in [3.63, 3.8) is 0 Å². The van der Waals surface area contributed by atoms with Crippen LogP contribution in [-0.2, 0) is 5.75 Å². The molecule has 0 amide bonds. The highest BCUT2D eigenvalue weighted by Gasteiger charge is 2.07. The van der Waals surface area contributed by atoms with Gasteiger partial charge in [0.05, 0.1) is 10.6 Å². The van der Waals surface area contributed by atoms with Gasteiger partial charge in [-0.25, -0.2) is 14.4 Å². The Morgan fingerprint density at radius 1 is 1.47 bits per heavy atom. The molecule has 0 radical (unpaired) electrons. The number of nitrogens with zero attached hydrogens (tertiary/aromatic N) is 3. The van der Waals surface area contributed by atoms with Gasteiger partial charge in [-0.1, -0.05) is 22.1 Å². The van der Waals surface area contributed by atoms with E-state index in [0.29, 0.717) is 5.75 Å². The SMILES string of the molecule is Cc1nonc1CSc1ccc(C(=O)O)cn1. The molecule has 0 saturated carbocycles. The van der Waals surface area contributed by atoms with Crippen molar-refractivity contribution in [2.24, 2.45) is 0 Å². The molecular formula is C10H9N3O3S. The van der Waals surface area contributed by atoms with Crippen molar-refractivity contribution in [2.45, 2.75) is 17.7 Å². The average molecular weight is 251 g/mol. The number of aryl methyl sites for hydroxylation is 1. The van der Waals surface area contributed by atoms with E-state index in [0.717, 1.165) is 16.4 Å². The molecule has 7 heteroatoms. The van der Waals surface area contributed by atoms with Crippen molar-refractivity contribution in [1.29, 1.82) is 0 Å². The molecule has 0 spiro atoms. The van der Waals surface area contributed by atoms with Gasteiger partial charge in [0.25, 0.3) is 0 Å². The molecule has 0 unspecified atom stereocenters. The summed E-state index contributed by atoms with van der Waals surface area (Å²) in [6, 6.07) is 3.18. The van der Waals surface area contributed by atoms with Crippen molar-refractivity contribution < 1.29 is 14.5 Å². The molecule has 0 aliphatic carbocycles. The third-order valence-electron chi connectivity index (χ3n) is 2.09. The first-order valence-corrected chi connectivity index (χ1v) is 5.75. The minimum atomic E-state index is -0.981. The molecule has 2 aromatic rings. The summed E-state index contributed by atoms with van der Waals surface area (Å²) >= 11 is 1.45. The number of rotatable bonds is 4. The van der Waals surface area contributed by atoms with Crippen LogP contribution in [0.2, 0.25) is 0 Å². The Kier molecular flexibility index (Phi) is 3.38. The fourth-order valence-corrected chi connectivity index (χ4v) is 1.95. The Morgan fingerprint density at radius 3 is 2.82 bits per heavy atom. The molecule has 88 valence electrons. The van der Waals surface area contributed by atoms with Gasteiger partial charge in [0.1, 0.15) is 11.4 Å². The Bertz CT molecular complexity index is 524. The van der Waals surface area contributed by atoms with E-state index >= 15 is 0 Å². The van der Waals surface area contributed by atoms with Crippen molar-refractivity contribution >= 4 is 17.7 Å². The normalized spacial score (nSPS) is 10.4. The summed E-state index contributed by atoms with van der Waals surface area (Å²) in [6.07, 6.45) is 1.33. The highest BCUT2D eigenvalue weighted by Crippen LogP contribution is 2.20. The van der Waals surface area contributed by atoms with Gasteiger partial charge in [-0.2, -0.15) is 0 Å². The molecule has 0 aliphatic rings. The molecular weight excluding hydrogens is 242 g/mol. The van der Waals surface area contributed by atoms with E-state index in [1.807, 2.05) is 6.92 Å². The van der Waals surface area contributed by atoms with E-state index in [1.54, 1.807) is 6.07 Å². The van der Waals surface area contributed by atoms with E-state index in [1.165, 1.54) is 24.0 Å². The zero-order valence-corrected chi connectivity index (χ0v) is 9.77. The van der Waals surface area contributed by atoms with Gasteiger partial charge in [-0.3, -0.25) is 0 Å². The monoisotopic (exact) mass is 251 g/mol. The molecule has 6 nitrogen and oxygen atoms in total. The van der Waals surface area contributed by atoms with E-state index in [4.69, 9.17) is 5.11 Å². The second-order valence-corrected chi connectivity index (χ2v) is 4.27. The van der Waals surface area contributed by atoms with E-state index in [9.17, 15) is 4.79 Å². The van der Waals surface area contributed by atoms with Gasteiger partial charge in [-0.15, -0.1) is 0 Å². The highest BCUT2D eigenvalue weighted by atomic mass is 32.2. The highest BCUT2D eigenvalue weighted by molar-refractivity contribution is 7.98. The van der Waals surface area contributed by atoms with Gasteiger partial charge in [0.2, 0.25) is 0 Å². The average Bonchev–Trinajstić information content (AvgIpc) is 2.73. The lowest BCUT2D eigenvalue weighted by atomic mass is 10.3. The number of hydrogen-bond acceptors (Lipinski definition) is 6. The number of hydrogen-bond donors (Lipinski definition) is 1. The molecule has 1 N–H and O–H groups in total. The summed E-state index contributed by atoms with van der Waals surface area (Å²) in [6.45, 7) is 1.81. The number of carboxylic acids is 1. The topological polar surface area (TPSA) is 89.1 Å². The minimum absolute atomic E-state index is 0.175. The zero-order chi connectivity index (χ0) is 12.3. The van der Waals surface area contributed by atoms with Crippen LogP contribution in [0, 0.1) is 6.92 Å². The van der Waals surface area contributed by atoms with Gasteiger partial charge < -0.3 is 5.11 Å². The molecule has 0 atom stereocenters. The number of aromatic nitrogens is 3. The Morgan fingerprint density at radius 2 is 2.29 bits per heavy atom. The maximum absolute atomic E-state index is 10.6. The van der Waals surface area contributed by atoms with Crippen LogP contribution in [0.1, 0.15) is 21.7 Å². The van der Waals surface area contributed by atoms with E-state index in [2.05, 4.69) is 19.9 Å². The van der Waals surface area contributed by atoms with Crippen LogP contribution in [0.3, 0.4) is 0 Å². The molecule has 0 saturated heterocycles. The van der Waals surface area contributed by atoms with Gasteiger partial charge >= 0.3 is 5.97 Å². The molecule has 17 heavy (non-hydrogen) atoms. The standard InChI is InChI=1S/C10H9N3O3S/c1-6-8(13-16-12-6)5-17-9-3-2-7(4-11-9)10(14)15/h2-4H,5H2,1H3,(H,14,15). The third-order valence-corrected chi connectivity index (χ3v) is 3.04. The van der Waals surface area contributed by atoms with Crippen LogP contribution >= 0.6 is 11.8 Å². The predicted octanol–water partition coefficient (Wildman–Crippen LogP) is 1.76. The second kappa shape index (κ2) is 4.96. The van der Waals surface area contributed by atoms with Crippen LogP contribution in [0.4, 0.5) is 0 Å². The molecule has 0 fully saturated rings. The van der Waals surface area contributed by atoms with E-state index in [-0.39, 0.29) is 5.56 Å². The number of pyridine rings is 1. The van der Waals surface area contributed by atoms with Crippen LogP contribution in [0.15, 0.2) is 28.0 Å². The maximum Gasteiger partial charge on any atom is 0.337 e. The lowest BCUT2D eigenvalue weighted by Crippen LogP contribution is -1.96. The molecule has 0 aromatic carbocycles. The van der Waals surface area contributed by atoms with Crippen LogP contribution in [-0.4, -0.2) is 26.4 Å². The Labute approximate surface area is 101 Å². The summed E-state index contributed by atoms with van der Waals surface area (Å²) < 4.78 is 4.57. The summed E-state index contributed by atoms with van der Waals surface area (Å²) in [7, 11) is 0. The second-order valence-electron chi connectivity index (χ2n) is 3.28. The minimum Gasteiger partial charge on any atom is -0.478 e. The fourth-order valence-electron chi connectivity index (χ4n) is 1.11. The largest absolute Gasteiger partial charge is 0.478 e. The number of carbonyl (C=O) groups is 1. The summed E-state index contributed by atoms with van der Waals surface area (Å²) in [5.74, 6) is -0.389. The molecule has 0 bridgehead atoms. The van der Waals surface area contributed by atoms with Crippen molar-refractivity contribution in [1.82, 2.24) is 15.3 Å². The molecule has 2 heterocycles. The van der Waals surface area contributed by atoms with E-state index < -0.39 is 5.97 Å². The summed E-state index contributed by atoms with van der Waals surface area (Å²) in [4.78, 5) is 14.7. The first-order chi connectivity index (χ1) is 8.16. The van der Waals surface area contributed by atoms with Crippen molar-refractivity contribution in [2.75, 3.05) is 0 Å².